The van der Waals surface area contributed by atoms with Crippen molar-refractivity contribution in [2.75, 3.05) is 5.75 Å². The van der Waals surface area contributed by atoms with Gasteiger partial charge < -0.3 is 5.73 Å². The van der Waals surface area contributed by atoms with Gasteiger partial charge in [-0.3, -0.25) is 0 Å². The van der Waals surface area contributed by atoms with Gasteiger partial charge in [0.25, 0.3) is 0 Å². The number of nitrogens with two attached hydrogens (primary N) is 1. The summed E-state index contributed by atoms with van der Waals surface area (Å²) in [5.74, 6) is 1.24. The van der Waals surface area contributed by atoms with E-state index >= 15 is 0 Å². The predicted molar refractivity (Wildman–Crippen MR) is 74.0 cm³/mol. The Hall–Kier alpha value is -0.470. The summed E-state index contributed by atoms with van der Waals surface area (Å²) in [5.41, 5.74) is 7.11. The van der Waals surface area contributed by atoms with Crippen LogP contribution in [0.2, 0.25) is 0 Å². The summed E-state index contributed by atoms with van der Waals surface area (Å²) < 4.78 is 0. The first-order valence-electron chi connectivity index (χ1n) is 6.19. The molecule has 0 amide bonds. The minimum Gasteiger partial charge on any atom is -0.328 e. The highest BCUT2D eigenvalue weighted by molar-refractivity contribution is 7.99. The van der Waals surface area contributed by atoms with Crippen molar-refractivity contribution in [3.8, 4) is 0 Å². The second-order valence-corrected chi connectivity index (χ2v) is 5.55. The maximum Gasteiger partial charge on any atom is 0.00721 e. The zero-order chi connectivity index (χ0) is 11.8. The molecule has 0 bridgehead atoms. The fourth-order valence-corrected chi connectivity index (χ4v) is 2.55. The Bertz CT molecular complexity index is 279. The van der Waals surface area contributed by atoms with Crippen LogP contribution in [0.5, 0.6) is 0 Å². The minimum absolute atomic E-state index is 0.253. The van der Waals surface area contributed by atoms with Crippen molar-refractivity contribution in [3.63, 3.8) is 0 Å². The lowest BCUT2D eigenvalue weighted by Gasteiger charge is -2.06. The van der Waals surface area contributed by atoms with E-state index in [1.54, 1.807) is 0 Å². The first kappa shape index (κ1) is 13.6. The minimum atomic E-state index is 0.253. The first-order chi connectivity index (χ1) is 7.72. The van der Waals surface area contributed by atoms with Crippen LogP contribution in [0.1, 0.15) is 38.7 Å². The molecule has 1 nitrogen and oxygen atoms in total. The van der Waals surface area contributed by atoms with E-state index in [2.05, 4.69) is 31.2 Å². The fraction of sp³-hybridized carbons (Fsp3) is 0.571. The van der Waals surface area contributed by atoms with Crippen LogP contribution >= 0.6 is 11.8 Å². The van der Waals surface area contributed by atoms with E-state index < -0.39 is 0 Å². The van der Waals surface area contributed by atoms with Crippen molar-refractivity contribution in [2.45, 2.75) is 50.5 Å². The lowest BCUT2D eigenvalue weighted by atomic mass is 10.1. The molecule has 1 unspecified atom stereocenters. The van der Waals surface area contributed by atoms with E-state index in [4.69, 9.17) is 5.73 Å². The van der Waals surface area contributed by atoms with Crippen LogP contribution in [0.15, 0.2) is 29.2 Å². The third-order valence-corrected chi connectivity index (χ3v) is 3.60. The number of rotatable bonds is 7. The van der Waals surface area contributed by atoms with Gasteiger partial charge in [0.1, 0.15) is 0 Å². The molecule has 90 valence electrons. The van der Waals surface area contributed by atoms with Gasteiger partial charge in [-0.2, -0.15) is 0 Å². The maximum absolute atomic E-state index is 5.77. The van der Waals surface area contributed by atoms with Crippen LogP contribution in [0.25, 0.3) is 0 Å². The number of hydrogen-bond donors (Lipinski definition) is 1. The van der Waals surface area contributed by atoms with Gasteiger partial charge in [-0.25, -0.2) is 0 Å². The normalized spacial score (nSPS) is 12.7. The van der Waals surface area contributed by atoms with Gasteiger partial charge in [0.05, 0.1) is 0 Å². The molecular formula is C14H23NS. The monoisotopic (exact) mass is 237 g/mol. The standard InChI is InChI=1S/C14H23NS/c1-3-4-5-10-16-14-8-6-13(7-9-14)11-12(2)15/h6-9,12H,3-5,10-11,15H2,1-2H3. The number of thioether (sulfide) groups is 1. The highest BCUT2D eigenvalue weighted by Crippen LogP contribution is 2.20. The summed E-state index contributed by atoms with van der Waals surface area (Å²) >= 11 is 1.96. The largest absolute Gasteiger partial charge is 0.328 e. The Kier molecular flexibility index (Phi) is 6.58. The molecule has 0 radical (unpaired) electrons. The van der Waals surface area contributed by atoms with Crippen LogP contribution in [-0.4, -0.2) is 11.8 Å². The van der Waals surface area contributed by atoms with Gasteiger partial charge in [0, 0.05) is 10.9 Å². The Labute approximate surface area is 104 Å². The topological polar surface area (TPSA) is 26.0 Å². The third kappa shape index (κ3) is 5.57. The molecule has 1 aromatic carbocycles. The van der Waals surface area contributed by atoms with E-state index in [1.165, 1.54) is 35.5 Å². The highest BCUT2D eigenvalue weighted by atomic mass is 32.2. The molecule has 0 heterocycles. The third-order valence-electron chi connectivity index (χ3n) is 2.50. The predicted octanol–water partition coefficient (Wildman–Crippen LogP) is 3.86. The molecule has 0 aromatic heterocycles. The van der Waals surface area contributed by atoms with Gasteiger partial charge in [-0.1, -0.05) is 31.9 Å². The summed E-state index contributed by atoms with van der Waals surface area (Å²) in [6, 6.07) is 9.09. The van der Waals surface area contributed by atoms with E-state index in [0.717, 1.165) is 6.42 Å². The Morgan fingerprint density at radius 3 is 2.44 bits per heavy atom. The van der Waals surface area contributed by atoms with Crippen LogP contribution in [0, 0.1) is 0 Å². The van der Waals surface area contributed by atoms with Gasteiger partial charge in [-0.05, 0) is 43.2 Å². The zero-order valence-corrected chi connectivity index (χ0v) is 11.2. The average Bonchev–Trinajstić information content (AvgIpc) is 2.26. The van der Waals surface area contributed by atoms with Crippen molar-refractivity contribution in [1.82, 2.24) is 0 Å². The Morgan fingerprint density at radius 1 is 1.19 bits per heavy atom. The van der Waals surface area contributed by atoms with E-state index in [-0.39, 0.29) is 6.04 Å². The molecule has 0 fully saturated rings. The van der Waals surface area contributed by atoms with Crippen LogP contribution in [-0.2, 0) is 6.42 Å². The number of hydrogen-bond acceptors (Lipinski definition) is 2. The molecule has 0 aliphatic rings. The molecule has 2 heteroatoms. The Morgan fingerprint density at radius 2 is 1.88 bits per heavy atom. The summed E-state index contributed by atoms with van der Waals surface area (Å²) in [6.07, 6.45) is 4.94. The van der Waals surface area contributed by atoms with E-state index in [9.17, 15) is 0 Å². The molecular weight excluding hydrogens is 214 g/mol. The molecule has 1 aromatic rings. The van der Waals surface area contributed by atoms with Gasteiger partial charge in [-0.15, -0.1) is 11.8 Å². The lowest BCUT2D eigenvalue weighted by molar-refractivity contribution is 0.737. The first-order valence-corrected chi connectivity index (χ1v) is 7.18. The summed E-state index contributed by atoms with van der Waals surface area (Å²) in [4.78, 5) is 1.38. The van der Waals surface area contributed by atoms with Gasteiger partial charge in [0.15, 0.2) is 0 Å². The molecule has 0 aliphatic heterocycles. The second-order valence-electron chi connectivity index (χ2n) is 4.38. The lowest BCUT2D eigenvalue weighted by Crippen LogP contribution is -2.17. The van der Waals surface area contributed by atoms with E-state index in [1.807, 2.05) is 18.7 Å². The van der Waals surface area contributed by atoms with Gasteiger partial charge in [0.2, 0.25) is 0 Å². The summed E-state index contributed by atoms with van der Waals surface area (Å²) in [7, 11) is 0. The fourth-order valence-electron chi connectivity index (χ4n) is 1.64. The van der Waals surface area contributed by atoms with Crippen molar-refractivity contribution in [3.05, 3.63) is 29.8 Å². The molecule has 1 rings (SSSR count). The van der Waals surface area contributed by atoms with Crippen LogP contribution in [0.3, 0.4) is 0 Å². The average molecular weight is 237 g/mol. The highest BCUT2D eigenvalue weighted by Gasteiger charge is 1.98. The number of benzene rings is 1. The van der Waals surface area contributed by atoms with Crippen molar-refractivity contribution in [2.24, 2.45) is 5.73 Å². The molecule has 0 saturated heterocycles. The molecule has 0 saturated carbocycles. The van der Waals surface area contributed by atoms with Crippen molar-refractivity contribution >= 4 is 11.8 Å². The molecule has 2 N–H and O–H groups in total. The summed E-state index contributed by atoms with van der Waals surface area (Å²) in [6.45, 7) is 4.29. The molecule has 0 spiro atoms. The van der Waals surface area contributed by atoms with E-state index in [0.29, 0.717) is 0 Å². The maximum atomic E-state index is 5.77. The SMILES string of the molecule is CCCCCSc1ccc(CC(C)N)cc1. The number of unbranched alkanes of at least 4 members (excludes halogenated alkanes) is 2. The van der Waals surface area contributed by atoms with Crippen molar-refractivity contribution in [1.29, 1.82) is 0 Å². The molecule has 16 heavy (non-hydrogen) atoms. The Balaban J connectivity index is 2.33. The zero-order valence-electron chi connectivity index (χ0n) is 10.4. The van der Waals surface area contributed by atoms with Crippen molar-refractivity contribution < 1.29 is 0 Å². The quantitative estimate of drug-likeness (QED) is 0.575. The second kappa shape index (κ2) is 7.75. The van der Waals surface area contributed by atoms with Crippen LogP contribution < -0.4 is 5.73 Å². The summed E-state index contributed by atoms with van der Waals surface area (Å²) in [5, 5.41) is 0. The molecule has 1 atom stereocenters. The molecule has 0 aliphatic carbocycles. The smallest absolute Gasteiger partial charge is 0.00721 e. The van der Waals surface area contributed by atoms with Gasteiger partial charge >= 0.3 is 0 Å². The van der Waals surface area contributed by atoms with Crippen LogP contribution in [0.4, 0.5) is 0 Å².